The van der Waals surface area contributed by atoms with Crippen molar-refractivity contribution < 1.29 is 23.8 Å². The van der Waals surface area contributed by atoms with E-state index in [0.29, 0.717) is 29.0 Å². The number of allylic oxidation sites excluding steroid dienone is 2. The maximum atomic E-state index is 11.3. The van der Waals surface area contributed by atoms with Crippen molar-refractivity contribution in [3.63, 3.8) is 0 Å². The fraction of sp³-hybridized carbons (Fsp3) is 0.211. The summed E-state index contributed by atoms with van der Waals surface area (Å²) >= 11 is 0. The molecule has 1 aromatic carbocycles. The summed E-state index contributed by atoms with van der Waals surface area (Å²) < 4.78 is 15.6. The number of nitriles is 1. The van der Waals surface area contributed by atoms with Gasteiger partial charge >= 0.3 is 5.97 Å². The molecule has 1 unspecified atom stereocenters. The van der Waals surface area contributed by atoms with Crippen molar-refractivity contribution >= 4 is 18.1 Å². The number of rotatable bonds is 10. The lowest BCUT2D eigenvalue weighted by molar-refractivity contribution is -0.146. The molecule has 1 amide bonds. The van der Waals surface area contributed by atoms with Gasteiger partial charge in [0.05, 0.1) is 30.7 Å². The molecule has 1 aromatic rings. The van der Waals surface area contributed by atoms with E-state index in [1.165, 1.54) is 19.4 Å². The van der Waals surface area contributed by atoms with Gasteiger partial charge in [0, 0.05) is 0 Å². The second kappa shape index (κ2) is 11.2. The Morgan fingerprint density at radius 3 is 2.85 bits per heavy atom. The van der Waals surface area contributed by atoms with Crippen molar-refractivity contribution in [3.8, 4) is 11.8 Å². The summed E-state index contributed by atoms with van der Waals surface area (Å²) in [6, 6.07) is 6.61. The van der Waals surface area contributed by atoms with E-state index in [1.807, 2.05) is 6.07 Å². The number of esters is 1. The van der Waals surface area contributed by atoms with Crippen LogP contribution in [0.2, 0.25) is 0 Å². The lowest BCUT2D eigenvalue weighted by Crippen LogP contribution is -2.19. The first-order valence-corrected chi connectivity index (χ1v) is 7.61. The first kappa shape index (κ1) is 20.7. The smallest absolute Gasteiger partial charge is 0.331 e. The van der Waals surface area contributed by atoms with Gasteiger partial charge in [0.15, 0.2) is 0 Å². The Bertz CT molecular complexity index is 747. The summed E-state index contributed by atoms with van der Waals surface area (Å²) in [5.74, 6) is -0.143. The third-order valence-corrected chi connectivity index (χ3v) is 3.17. The van der Waals surface area contributed by atoms with Crippen LogP contribution in [0.1, 0.15) is 12.5 Å². The Morgan fingerprint density at radius 2 is 2.23 bits per heavy atom. The number of nitrogens with zero attached hydrogens (tertiary/aromatic N) is 1. The topological polar surface area (TPSA) is 97.7 Å². The summed E-state index contributed by atoms with van der Waals surface area (Å²) in [6.45, 7) is 5.13. The number of amides is 1. The Hall–Kier alpha value is -3.37. The van der Waals surface area contributed by atoms with Crippen molar-refractivity contribution in [1.82, 2.24) is 0 Å². The predicted molar refractivity (Wildman–Crippen MR) is 96.3 cm³/mol. The van der Waals surface area contributed by atoms with E-state index in [2.05, 4.69) is 16.6 Å². The SMILES string of the molecule is C=CC=CC(OCC(=O)OC)/C(C)=C/Oc1ccc(C#N)cc1NC=O. The molecule has 0 saturated carbocycles. The van der Waals surface area contributed by atoms with E-state index in [1.54, 1.807) is 37.3 Å². The Balaban J connectivity index is 2.96. The highest BCUT2D eigenvalue weighted by molar-refractivity contribution is 5.76. The third-order valence-electron chi connectivity index (χ3n) is 3.17. The van der Waals surface area contributed by atoms with Crippen LogP contribution in [0.5, 0.6) is 5.75 Å². The molecule has 0 saturated heterocycles. The average molecular weight is 356 g/mol. The van der Waals surface area contributed by atoms with E-state index in [-0.39, 0.29) is 6.61 Å². The standard InChI is InChI=1S/C19H20N2O5/c1-4-5-6-17(26-12-19(23)24-3)14(2)11-25-18-8-7-15(10-20)9-16(18)21-13-22/h4-9,11,13,17H,1,12H2,2-3H3,(H,21,22)/b6-5?,14-11+. The van der Waals surface area contributed by atoms with Gasteiger partial charge in [-0.2, -0.15) is 5.26 Å². The van der Waals surface area contributed by atoms with Crippen LogP contribution < -0.4 is 10.1 Å². The highest BCUT2D eigenvalue weighted by Gasteiger charge is 2.12. The molecule has 0 aliphatic carbocycles. The molecule has 7 heteroatoms. The number of nitrogens with one attached hydrogen (secondary N) is 1. The van der Waals surface area contributed by atoms with Crippen LogP contribution in [0.3, 0.4) is 0 Å². The number of hydrogen-bond donors (Lipinski definition) is 1. The van der Waals surface area contributed by atoms with E-state index in [0.717, 1.165) is 0 Å². The fourth-order valence-electron chi connectivity index (χ4n) is 1.84. The first-order valence-electron chi connectivity index (χ1n) is 7.61. The van der Waals surface area contributed by atoms with Crippen LogP contribution in [0, 0.1) is 11.3 Å². The maximum absolute atomic E-state index is 11.3. The minimum absolute atomic E-state index is 0.220. The zero-order valence-corrected chi connectivity index (χ0v) is 14.6. The Kier molecular flexibility index (Phi) is 8.93. The predicted octanol–water partition coefficient (Wildman–Crippen LogP) is 2.71. The summed E-state index contributed by atoms with van der Waals surface area (Å²) in [4.78, 5) is 22.0. The van der Waals surface area contributed by atoms with Gasteiger partial charge in [0.2, 0.25) is 6.41 Å². The number of carbonyl (C=O) groups excluding carboxylic acids is 2. The van der Waals surface area contributed by atoms with Gasteiger partial charge in [0.1, 0.15) is 18.5 Å². The van der Waals surface area contributed by atoms with E-state index in [4.69, 9.17) is 14.7 Å². The normalized spacial score (nSPS) is 12.1. The first-order chi connectivity index (χ1) is 12.5. The van der Waals surface area contributed by atoms with Gasteiger partial charge in [-0.05, 0) is 30.7 Å². The summed E-state index contributed by atoms with van der Waals surface area (Å²) in [5.41, 5.74) is 1.40. The second-order valence-corrected chi connectivity index (χ2v) is 4.99. The molecule has 0 aliphatic rings. The van der Waals surface area contributed by atoms with Crippen LogP contribution >= 0.6 is 0 Å². The average Bonchev–Trinajstić information content (AvgIpc) is 2.66. The van der Waals surface area contributed by atoms with Gasteiger partial charge in [-0.1, -0.05) is 24.8 Å². The van der Waals surface area contributed by atoms with E-state index >= 15 is 0 Å². The number of hydrogen-bond acceptors (Lipinski definition) is 6. The molecule has 0 spiro atoms. The van der Waals surface area contributed by atoms with Crippen molar-refractivity contribution in [3.05, 3.63) is 60.4 Å². The Morgan fingerprint density at radius 1 is 1.46 bits per heavy atom. The van der Waals surface area contributed by atoms with Gasteiger partial charge < -0.3 is 19.5 Å². The van der Waals surface area contributed by atoms with Crippen molar-refractivity contribution in [2.45, 2.75) is 13.0 Å². The highest BCUT2D eigenvalue weighted by Crippen LogP contribution is 2.26. The minimum atomic E-state index is -0.534. The van der Waals surface area contributed by atoms with Crippen LogP contribution in [-0.4, -0.2) is 32.2 Å². The van der Waals surface area contributed by atoms with Crippen LogP contribution in [-0.2, 0) is 19.1 Å². The van der Waals surface area contributed by atoms with Crippen molar-refractivity contribution in [1.29, 1.82) is 5.26 Å². The molecule has 26 heavy (non-hydrogen) atoms. The number of anilines is 1. The highest BCUT2D eigenvalue weighted by atomic mass is 16.6. The molecular weight excluding hydrogens is 336 g/mol. The summed E-state index contributed by atoms with van der Waals surface area (Å²) in [7, 11) is 1.28. The van der Waals surface area contributed by atoms with Gasteiger partial charge in [-0.3, -0.25) is 4.79 Å². The van der Waals surface area contributed by atoms with Crippen LogP contribution in [0.15, 0.2) is 54.8 Å². The molecule has 1 rings (SSSR count). The molecule has 7 nitrogen and oxygen atoms in total. The molecule has 0 aromatic heterocycles. The molecule has 0 radical (unpaired) electrons. The largest absolute Gasteiger partial charge is 0.467 e. The molecule has 0 heterocycles. The lowest BCUT2D eigenvalue weighted by Gasteiger charge is -2.15. The molecule has 0 bridgehead atoms. The lowest BCUT2D eigenvalue weighted by atomic mass is 10.1. The Labute approximate surface area is 152 Å². The maximum Gasteiger partial charge on any atom is 0.331 e. The third kappa shape index (κ3) is 6.63. The molecule has 0 fully saturated rings. The molecule has 136 valence electrons. The van der Waals surface area contributed by atoms with E-state index < -0.39 is 12.1 Å². The molecule has 1 atom stereocenters. The summed E-state index contributed by atoms with van der Waals surface area (Å²) in [6.07, 6.45) is 6.36. The monoisotopic (exact) mass is 356 g/mol. The van der Waals surface area contributed by atoms with Gasteiger partial charge in [0.25, 0.3) is 0 Å². The van der Waals surface area contributed by atoms with Gasteiger partial charge in [-0.25, -0.2) is 4.79 Å². The number of ether oxygens (including phenoxy) is 3. The van der Waals surface area contributed by atoms with Gasteiger partial charge in [-0.15, -0.1) is 0 Å². The zero-order chi connectivity index (χ0) is 19.4. The van der Waals surface area contributed by atoms with E-state index in [9.17, 15) is 9.59 Å². The summed E-state index contributed by atoms with van der Waals surface area (Å²) in [5, 5.41) is 11.4. The second-order valence-electron chi connectivity index (χ2n) is 4.99. The molecule has 0 aliphatic heterocycles. The van der Waals surface area contributed by atoms with Crippen LogP contribution in [0.25, 0.3) is 0 Å². The quantitative estimate of drug-likeness (QED) is 0.300. The fourth-order valence-corrected chi connectivity index (χ4v) is 1.84. The minimum Gasteiger partial charge on any atom is -0.467 e. The van der Waals surface area contributed by atoms with Crippen molar-refractivity contribution in [2.75, 3.05) is 19.0 Å². The number of methoxy groups -OCH3 is 1. The van der Waals surface area contributed by atoms with Crippen molar-refractivity contribution in [2.24, 2.45) is 0 Å². The molecule has 1 N–H and O–H groups in total. The van der Waals surface area contributed by atoms with Crippen LogP contribution in [0.4, 0.5) is 5.69 Å². The number of benzene rings is 1. The zero-order valence-electron chi connectivity index (χ0n) is 14.6. The number of carbonyl (C=O) groups is 2. The molecular formula is C19H20N2O5.